The van der Waals surface area contributed by atoms with E-state index in [-0.39, 0.29) is 20.4 Å². The Labute approximate surface area is 151 Å². The molecule has 23 heavy (non-hydrogen) atoms. The van der Waals surface area contributed by atoms with Crippen molar-refractivity contribution in [2.75, 3.05) is 0 Å². The Morgan fingerprint density at radius 3 is 2.22 bits per heavy atom. The molecule has 0 saturated heterocycles. The summed E-state index contributed by atoms with van der Waals surface area (Å²) in [6.45, 7) is 2.96. The van der Waals surface area contributed by atoms with E-state index in [1.807, 2.05) is 42.5 Å². The van der Waals surface area contributed by atoms with Crippen LogP contribution < -0.4 is 0 Å². The van der Waals surface area contributed by atoms with E-state index in [1.54, 1.807) is 23.9 Å². The van der Waals surface area contributed by atoms with Gasteiger partial charge in [0.1, 0.15) is 0 Å². The van der Waals surface area contributed by atoms with Crippen LogP contribution >= 0.6 is 11.8 Å². The predicted molar refractivity (Wildman–Crippen MR) is 84.8 cm³/mol. The second-order valence-electron chi connectivity index (χ2n) is 3.99. The van der Waals surface area contributed by atoms with Gasteiger partial charge in [-0.05, 0) is 18.9 Å². The molecule has 5 nitrogen and oxygen atoms in total. The van der Waals surface area contributed by atoms with E-state index >= 15 is 0 Å². The number of ketones is 1. The van der Waals surface area contributed by atoms with Crippen molar-refractivity contribution in [1.82, 2.24) is 0 Å². The van der Waals surface area contributed by atoms with Gasteiger partial charge in [-0.2, -0.15) is 10.1 Å². The second-order valence-corrected chi connectivity index (χ2v) is 5.13. The van der Waals surface area contributed by atoms with Crippen LogP contribution in [-0.2, 0) is 25.3 Å². The quantitative estimate of drug-likeness (QED) is 0.208. The molecule has 0 aliphatic heterocycles. The van der Waals surface area contributed by atoms with Gasteiger partial charge >= 0.3 is 6.09 Å². The average molecular weight is 498 g/mol. The molecule has 0 fully saturated rings. The number of aliphatic imine (C=N–C) groups is 1. The van der Waals surface area contributed by atoms with Gasteiger partial charge in [0.25, 0.3) is 0 Å². The van der Waals surface area contributed by atoms with Crippen molar-refractivity contribution >= 4 is 36.6 Å². The summed E-state index contributed by atoms with van der Waals surface area (Å²) in [6.07, 6.45) is 1.09. The summed E-state index contributed by atoms with van der Waals surface area (Å²) in [5.41, 5.74) is 0.392. The van der Waals surface area contributed by atoms with Crippen molar-refractivity contribution in [1.29, 1.82) is 0 Å². The molecule has 117 valence electrons. The SMILES string of the molecule is C=NC(=O)ON=[C-]C(=O)c1ccc(Sc2ccccc2)cc1.[Re]. The summed E-state index contributed by atoms with van der Waals surface area (Å²) in [5, 5.41) is 3.12. The Morgan fingerprint density at radius 1 is 1.00 bits per heavy atom. The fourth-order valence-corrected chi connectivity index (χ4v) is 2.33. The molecule has 0 saturated carbocycles. The molecule has 0 aliphatic rings. The first kappa shape index (κ1) is 19.0. The van der Waals surface area contributed by atoms with E-state index in [1.165, 1.54) is 0 Å². The van der Waals surface area contributed by atoms with Gasteiger partial charge < -0.3 is 9.63 Å². The largest absolute Gasteiger partial charge is 0.457 e. The molecule has 1 amide bonds. The van der Waals surface area contributed by atoms with Gasteiger partial charge in [-0.3, -0.25) is 0 Å². The van der Waals surface area contributed by atoms with E-state index < -0.39 is 11.9 Å². The van der Waals surface area contributed by atoms with Crippen LogP contribution in [-0.4, -0.2) is 24.8 Å². The summed E-state index contributed by atoms with van der Waals surface area (Å²) < 4.78 is 0. The number of carbonyl (C=O) groups is 2. The summed E-state index contributed by atoms with van der Waals surface area (Å²) >= 11 is 1.59. The zero-order chi connectivity index (χ0) is 15.8. The van der Waals surface area contributed by atoms with Crippen molar-refractivity contribution in [2.45, 2.75) is 9.79 Å². The zero-order valence-corrected chi connectivity index (χ0v) is 15.3. The van der Waals surface area contributed by atoms with Gasteiger partial charge in [0.2, 0.25) is 0 Å². The molecular weight excluding hydrogens is 486 g/mol. The van der Waals surface area contributed by atoms with Gasteiger partial charge in [-0.25, -0.2) is 4.79 Å². The molecule has 0 unspecified atom stereocenters. The van der Waals surface area contributed by atoms with Gasteiger partial charge in [-0.15, -0.1) is 17.7 Å². The maximum absolute atomic E-state index is 11.7. The summed E-state index contributed by atoms with van der Waals surface area (Å²) in [4.78, 5) is 31.7. The monoisotopic (exact) mass is 498 g/mol. The first-order valence-corrected chi connectivity index (χ1v) is 7.02. The topological polar surface area (TPSA) is 68.1 Å². The first-order chi connectivity index (χ1) is 10.7. The molecular formula is C16H11N2O3ReS-. The van der Waals surface area contributed by atoms with E-state index in [4.69, 9.17) is 0 Å². The van der Waals surface area contributed by atoms with Crippen LogP contribution in [0.2, 0.25) is 0 Å². The van der Waals surface area contributed by atoms with E-state index in [9.17, 15) is 9.59 Å². The third-order valence-electron chi connectivity index (χ3n) is 2.50. The molecule has 1 radical (unpaired) electrons. The molecule has 0 heterocycles. The van der Waals surface area contributed by atoms with E-state index in [0.29, 0.717) is 5.56 Å². The first-order valence-electron chi connectivity index (χ1n) is 6.20. The minimum atomic E-state index is -0.991. The molecule has 2 aromatic carbocycles. The molecule has 0 aromatic heterocycles. The Morgan fingerprint density at radius 2 is 1.61 bits per heavy atom. The summed E-state index contributed by atoms with van der Waals surface area (Å²) in [5.74, 6) is -0.492. The van der Waals surface area contributed by atoms with Crippen LogP contribution in [0.5, 0.6) is 0 Å². The molecule has 7 heteroatoms. The van der Waals surface area contributed by atoms with Crippen LogP contribution in [0.1, 0.15) is 10.4 Å². The second kappa shape index (κ2) is 9.85. The molecule has 0 bridgehead atoms. The molecule has 0 N–H and O–H groups in total. The Kier molecular flexibility index (Phi) is 8.13. The number of hydrogen-bond acceptors (Lipinski definition) is 5. The number of Topliss-reactive ketones (excluding diaryl/α,β-unsaturated/α-hetero) is 1. The number of amides is 1. The number of benzene rings is 2. The van der Waals surface area contributed by atoms with Crippen LogP contribution in [0.15, 0.2) is 74.5 Å². The number of rotatable bonds is 5. The maximum Gasteiger partial charge on any atom is 0.457 e. The Hall–Kier alpha value is -2.07. The van der Waals surface area contributed by atoms with Gasteiger partial charge in [0.15, 0.2) is 0 Å². The van der Waals surface area contributed by atoms with Gasteiger partial charge in [0.05, 0.1) is 0 Å². The summed E-state index contributed by atoms with van der Waals surface area (Å²) in [7, 11) is 0. The number of nitrogens with zero attached hydrogens (tertiary/aromatic N) is 2. The normalized spacial score (nSPS) is 9.91. The average Bonchev–Trinajstić information content (AvgIpc) is 2.56. The van der Waals surface area contributed by atoms with Crippen LogP contribution in [0, 0.1) is 0 Å². The molecule has 2 aromatic rings. The fraction of sp³-hybridized carbons (Fsp3) is 0. The van der Waals surface area contributed by atoms with Crippen LogP contribution in [0.4, 0.5) is 4.79 Å². The smallest absolute Gasteiger partial charge is 0.331 e. The van der Waals surface area contributed by atoms with Crippen molar-refractivity contribution in [3.05, 3.63) is 60.2 Å². The van der Waals surface area contributed by atoms with Gasteiger partial charge in [-0.1, -0.05) is 48.3 Å². The maximum atomic E-state index is 11.7. The third kappa shape index (κ3) is 6.29. The van der Waals surface area contributed by atoms with E-state index in [0.717, 1.165) is 9.79 Å². The standard InChI is InChI=1S/C16H11N2O3S.Re/c1-17-16(20)21-18-11-15(19)12-7-9-14(10-8-12)22-13-5-3-2-4-6-13;/h2-10H,1H2;/q-1;. The molecule has 0 aliphatic carbocycles. The van der Waals surface area contributed by atoms with Crippen molar-refractivity contribution in [2.24, 2.45) is 10.1 Å². The molecule has 0 spiro atoms. The molecule has 0 atom stereocenters. The summed E-state index contributed by atoms with van der Waals surface area (Å²) in [6, 6.07) is 16.9. The number of hydrogen-bond donors (Lipinski definition) is 0. The van der Waals surface area contributed by atoms with E-state index in [2.05, 4.69) is 27.9 Å². The third-order valence-corrected chi connectivity index (χ3v) is 3.51. The molecule has 2 rings (SSSR count). The fourth-order valence-electron chi connectivity index (χ4n) is 1.50. The van der Waals surface area contributed by atoms with Crippen molar-refractivity contribution < 1.29 is 34.8 Å². The van der Waals surface area contributed by atoms with Crippen LogP contribution in [0.25, 0.3) is 0 Å². The van der Waals surface area contributed by atoms with Crippen molar-refractivity contribution in [3.8, 4) is 0 Å². The van der Waals surface area contributed by atoms with Gasteiger partial charge in [0, 0.05) is 36.0 Å². The Bertz CT molecular complexity index is 703. The Balaban J connectivity index is 0.00000264. The van der Waals surface area contributed by atoms with Crippen molar-refractivity contribution in [3.63, 3.8) is 0 Å². The minimum Gasteiger partial charge on any atom is -0.331 e. The minimum absolute atomic E-state index is 0. The number of carbonyl (C=O) groups excluding carboxylic acids is 2. The predicted octanol–water partition coefficient (Wildman–Crippen LogP) is 3.72. The zero-order valence-electron chi connectivity index (χ0n) is 11.8. The van der Waals surface area contributed by atoms with Crippen LogP contribution in [0.3, 0.4) is 0 Å².